The first kappa shape index (κ1) is 15.3. The average Bonchev–Trinajstić information content (AvgIpc) is 2.49. The zero-order valence-corrected chi connectivity index (χ0v) is 12.5. The molecule has 6 heteroatoms. The topological polar surface area (TPSA) is 90.2 Å². The lowest BCUT2D eigenvalue weighted by Gasteiger charge is -2.62. The van der Waals surface area contributed by atoms with Gasteiger partial charge in [0, 0.05) is 5.92 Å². The molecule has 1 aromatic carbocycles. The molecule has 21 heavy (non-hydrogen) atoms. The van der Waals surface area contributed by atoms with Crippen molar-refractivity contribution >= 4 is 11.8 Å². The number of hydrogen-bond donors (Lipinski definition) is 4. The van der Waals surface area contributed by atoms with E-state index in [9.17, 15) is 20.4 Å². The van der Waals surface area contributed by atoms with Gasteiger partial charge in [0.15, 0.2) is 0 Å². The molecule has 0 radical (unpaired) electrons. The monoisotopic (exact) mass is 312 g/mol. The maximum absolute atomic E-state index is 10.8. The Bertz CT molecular complexity index is 494. The highest BCUT2D eigenvalue weighted by molar-refractivity contribution is 7.99. The lowest BCUT2D eigenvalue weighted by Crippen LogP contribution is -2.79. The van der Waals surface area contributed by atoms with E-state index in [1.165, 1.54) is 11.8 Å². The van der Waals surface area contributed by atoms with Gasteiger partial charge in [-0.05, 0) is 11.3 Å². The predicted octanol–water partition coefficient (Wildman–Crippen LogP) is 0.0756. The van der Waals surface area contributed by atoms with Gasteiger partial charge >= 0.3 is 0 Å². The van der Waals surface area contributed by atoms with Gasteiger partial charge in [0.2, 0.25) is 0 Å². The number of benzene rings is 1. The summed E-state index contributed by atoms with van der Waals surface area (Å²) in [6.07, 6.45) is -4.33. The molecule has 7 atom stereocenters. The van der Waals surface area contributed by atoms with Crippen LogP contribution in [0.15, 0.2) is 30.3 Å². The van der Waals surface area contributed by atoms with Crippen LogP contribution in [-0.2, 0) is 4.74 Å². The minimum atomic E-state index is -1.66. The van der Waals surface area contributed by atoms with Gasteiger partial charge in [-0.2, -0.15) is 0 Å². The second-order valence-electron chi connectivity index (χ2n) is 5.58. The Morgan fingerprint density at radius 1 is 1.14 bits per heavy atom. The lowest BCUT2D eigenvalue weighted by molar-refractivity contribution is -0.336. The molecule has 1 heterocycles. The molecule has 1 aromatic rings. The SMILES string of the molecule is CCS[C@H]1O[C@@H]2C(O)C(c3ccccc3)[C@]2(O)[C@H](O)[C@H]1O. The van der Waals surface area contributed by atoms with E-state index in [0.717, 1.165) is 5.56 Å². The summed E-state index contributed by atoms with van der Waals surface area (Å²) in [5.41, 5.74) is -1.58. The van der Waals surface area contributed by atoms with Gasteiger partial charge < -0.3 is 25.2 Å². The highest BCUT2D eigenvalue weighted by Crippen LogP contribution is 2.54. The predicted molar refractivity (Wildman–Crippen MR) is 78.9 cm³/mol. The first-order chi connectivity index (χ1) is 10.0. The molecule has 0 spiro atoms. The molecule has 3 rings (SSSR count). The van der Waals surface area contributed by atoms with Gasteiger partial charge in [-0.1, -0.05) is 37.3 Å². The summed E-state index contributed by atoms with van der Waals surface area (Å²) in [6, 6.07) is 9.02. The fourth-order valence-electron chi connectivity index (χ4n) is 3.40. The summed E-state index contributed by atoms with van der Waals surface area (Å²) in [4.78, 5) is 0. The Morgan fingerprint density at radius 2 is 1.81 bits per heavy atom. The number of rotatable bonds is 3. The molecule has 0 amide bonds. The smallest absolute Gasteiger partial charge is 0.132 e. The van der Waals surface area contributed by atoms with E-state index < -0.39 is 41.4 Å². The Hall–Kier alpha value is -0.630. The van der Waals surface area contributed by atoms with Crippen molar-refractivity contribution < 1.29 is 25.2 Å². The third-order valence-corrected chi connectivity index (χ3v) is 5.50. The molecule has 2 aliphatic rings. The van der Waals surface area contributed by atoms with E-state index in [1.807, 2.05) is 13.0 Å². The summed E-state index contributed by atoms with van der Waals surface area (Å²) in [7, 11) is 0. The average molecular weight is 312 g/mol. The van der Waals surface area contributed by atoms with Crippen LogP contribution in [0.3, 0.4) is 0 Å². The van der Waals surface area contributed by atoms with Crippen LogP contribution < -0.4 is 0 Å². The number of hydrogen-bond acceptors (Lipinski definition) is 6. The highest BCUT2D eigenvalue weighted by Gasteiger charge is 2.70. The molecule has 116 valence electrons. The highest BCUT2D eigenvalue weighted by atomic mass is 32.2. The normalized spacial score (nSPS) is 45.8. The van der Waals surface area contributed by atoms with Crippen molar-refractivity contribution in [2.75, 3.05) is 5.75 Å². The maximum atomic E-state index is 10.8. The minimum Gasteiger partial charge on any atom is -0.390 e. The van der Waals surface area contributed by atoms with Crippen molar-refractivity contribution in [1.82, 2.24) is 0 Å². The quantitative estimate of drug-likeness (QED) is 0.632. The molecule has 1 saturated heterocycles. The molecule has 1 aliphatic heterocycles. The van der Waals surface area contributed by atoms with Crippen molar-refractivity contribution in [2.24, 2.45) is 0 Å². The maximum Gasteiger partial charge on any atom is 0.132 e. The Labute approximate surface area is 127 Å². The van der Waals surface area contributed by atoms with Crippen LogP contribution in [0.25, 0.3) is 0 Å². The zero-order valence-electron chi connectivity index (χ0n) is 11.7. The Kier molecular flexibility index (Phi) is 4.02. The van der Waals surface area contributed by atoms with Crippen molar-refractivity contribution in [2.45, 2.75) is 48.3 Å². The second kappa shape index (κ2) is 5.53. The largest absolute Gasteiger partial charge is 0.390 e. The number of ether oxygens (including phenoxy) is 1. The summed E-state index contributed by atoms with van der Waals surface area (Å²) in [5, 5.41) is 41.7. The van der Waals surface area contributed by atoms with Crippen molar-refractivity contribution in [3.8, 4) is 0 Å². The van der Waals surface area contributed by atoms with E-state index >= 15 is 0 Å². The minimum absolute atomic E-state index is 0.637. The third-order valence-electron chi connectivity index (χ3n) is 4.45. The molecular weight excluding hydrogens is 292 g/mol. The van der Waals surface area contributed by atoms with Crippen LogP contribution in [0.4, 0.5) is 0 Å². The zero-order chi connectivity index (χ0) is 15.2. The molecular formula is C15H20O5S. The van der Waals surface area contributed by atoms with Crippen LogP contribution in [0.5, 0.6) is 0 Å². The van der Waals surface area contributed by atoms with E-state index in [2.05, 4.69) is 0 Å². The molecule has 0 bridgehead atoms. The van der Waals surface area contributed by atoms with Gasteiger partial charge in [-0.15, -0.1) is 11.8 Å². The fourth-order valence-corrected chi connectivity index (χ4v) is 4.27. The van der Waals surface area contributed by atoms with Crippen molar-refractivity contribution in [1.29, 1.82) is 0 Å². The van der Waals surface area contributed by atoms with Crippen LogP contribution in [0.2, 0.25) is 0 Å². The van der Waals surface area contributed by atoms with Crippen molar-refractivity contribution in [3.63, 3.8) is 0 Å². The number of fused-ring (bicyclic) bond motifs is 1. The van der Waals surface area contributed by atoms with Gasteiger partial charge in [0.25, 0.3) is 0 Å². The molecule has 5 nitrogen and oxygen atoms in total. The summed E-state index contributed by atoms with van der Waals surface area (Å²) < 4.78 is 5.63. The van der Waals surface area contributed by atoms with Gasteiger partial charge in [0.1, 0.15) is 29.3 Å². The molecule has 4 N–H and O–H groups in total. The van der Waals surface area contributed by atoms with E-state index in [0.29, 0.717) is 5.75 Å². The lowest BCUT2D eigenvalue weighted by atomic mass is 9.57. The number of aliphatic hydroxyl groups is 4. The fraction of sp³-hybridized carbons (Fsp3) is 0.600. The molecule has 2 unspecified atom stereocenters. The first-order valence-corrected chi connectivity index (χ1v) is 8.15. The van der Waals surface area contributed by atoms with E-state index in [-0.39, 0.29) is 0 Å². The van der Waals surface area contributed by atoms with Crippen LogP contribution in [0, 0.1) is 0 Å². The Morgan fingerprint density at radius 3 is 2.43 bits per heavy atom. The second-order valence-corrected chi connectivity index (χ2v) is 6.96. The standard InChI is InChI=1S/C15H20O5S/c1-2-21-14-11(17)12(18)15(19)9(10(16)13(15)20-14)8-6-4-3-5-7-8/h3-7,9-14,16-19H,2H2,1H3/t9?,10?,11-,12-,13-,14-,15+/m1/s1. The molecule has 1 saturated carbocycles. The van der Waals surface area contributed by atoms with E-state index in [4.69, 9.17) is 4.74 Å². The van der Waals surface area contributed by atoms with Gasteiger partial charge in [-0.3, -0.25) is 0 Å². The summed E-state index contributed by atoms with van der Waals surface area (Å²) in [5.74, 6) is 0.0403. The summed E-state index contributed by atoms with van der Waals surface area (Å²) >= 11 is 1.35. The molecule has 2 fully saturated rings. The number of thioether (sulfide) groups is 1. The van der Waals surface area contributed by atoms with Crippen LogP contribution in [-0.4, -0.2) is 61.6 Å². The summed E-state index contributed by atoms with van der Waals surface area (Å²) in [6.45, 7) is 1.91. The molecule has 1 aliphatic carbocycles. The van der Waals surface area contributed by atoms with Crippen LogP contribution in [0.1, 0.15) is 18.4 Å². The molecule has 0 aromatic heterocycles. The van der Waals surface area contributed by atoms with Gasteiger partial charge in [0.05, 0.1) is 6.10 Å². The Balaban J connectivity index is 1.90. The first-order valence-electron chi connectivity index (χ1n) is 7.10. The van der Waals surface area contributed by atoms with Crippen molar-refractivity contribution in [3.05, 3.63) is 35.9 Å². The van der Waals surface area contributed by atoms with Crippen LogP contribution >= 0.6 is 11.8 Å². The van der Waals surface area contributed by atoms with Gasteiger partial charge in [-0.25, -0.2) is 0 Å². The van der Waals surface area contributed by atoms with E-state index in [1.54, 1.807) is 24.3 Å². The third kappa shape index (κ3) is 2.13. The number of aliphatic hydroxyl groups excluding tert-OH is 3.